The van der Waals surface area contributed by atoms with Crippen LogP contribution in [0.5, 0.6) is 0 Å². The van der Waals surface area contributed by atoms with Crippen LogP contribution < -0.4 is 32.1 Å². The number of aromatic nitrogens is 6. The summed E-state index contributed by atoms with van der Waals surface area (Å²) in [6, 6.07) is 15.6. The van der Waals surface area contributed by atoms with Crippen molar-refractivity contribution >= 4 is 116 Å². The maximum Gasteiger partial charge on any atom is 0.311 e. The summed E-state index contributed by atoms with van der Waals surface area (Å²) in [5.74, 6) is 1.83. The lowest BCUT2D eigenvalue weighted by atomic mass is 10.1. The van der Waals surface area contributed by atoms with Crippen LogP contribution in [-0.4, -0.2) is 114 Å². The standard InChI is InChI=1S/C46H48Cl4N18O4/c1-27(63-17-3-4-18-63)57-35-25-55-45(61-41(35)31-9-7-29(47)23-33(31)49)65(21-15-53-39-13-11-37(67(69)70)43(51)59-39)66(22-16-54-40-14-12-38(68(71)72)44(52)60-40)46-56-26-36(58-28(2)64-19-5-6-20-64)42(62-46)32-10-8-30(48)24-34(32)50/h7-14,23-26H,3-6,15-22H2,1-2H3,(H3,51,53,59)(H3,52,54,60)/b57-27-,58-28-. The number of nitrogens with zero attached hydrogens (tertiary/aromatic N) is 14. The minimum absolute atomic E-state index is 0.0683. The second-order valence-electron chi connectivity index (χ2n) is 16.6. The van der Waals surface area contributed by atoms with Crippen LogP contribution in [0.15, 0.2) is 83.0 Å². The van der Waals surface area contributed by atoms with E-state index >= 15 is 0 Å². The number of nitrogens with one attached hydrogen (secondary N) is 2. The molecule has 0 amide bonds. The van der Waals surface area contributed by atoms with Gasteiger partial charge in [-0.3, -0.25) is 20.2 Å². The zero-order valence-electron chi connectivity index (χ0n) is 39.0. The van der Waals surface area contributed by atoms with Gasteiger partial charge >= 0.3 is 11.4 Å². The highest BCUT2D eigenvalue weighted by molar-refractivity contribution is 6.37. The molecule has 26 heteroatoms. The quantitative estimate of drug-likeness (QED) is 0.0286. The SMILES string of the molecule is C/C(=N/c1cnc(N(CCNc2ccc([N+](=O)[O-])c(N)n2)N(CCNc2ccc([N+](=O)[O-])c(N)n2)c2ncc(/N=C(/C)N3CCCC3)c(-c3ccc(Cl)cc3Cl)n2)nc1-c1ccc(Cl)cc1Cl)N1CCCC1. The summed E-state index contributed by atoms with van der Waals surface area (Å²) in [6.45, 7) is 7.69. The van der Waals surface area contributed by atoms with Gasteiger partial charge in [0.05, 0.1) is 45.4 Å². The van der Waals surface area contributed by atoms with E-state index in [1.54, 1.807) is 58.8 Å². The number of pyridine rings is 2. The number of hydrogen-bond acceptors (Lipinski definition) is 18. The molecule has 72 heavy (non-hydrogen) atoms. The molecule has 2 aromatic carbocycles. The van der Waals surface area contributed by atoms with Gasteiger partial charge in [0.2, 0.25) is 23.5 Å². The largest absolute Gasteiger partial charge is 0.378 e. The van der Waals surface area contributed by atoms with Crippen LogP contribution >= 0.6 is 46.4 Å². The second-order valence-corrected chi connectivity index (χ2v) is 18.3. The van der Waals surface area contributed by atoms with Crippen molar-refractivity contribution < 1.29 is 9.85 Å². The third-order valence-electron chi connectivity index (χ3n) is 11.8. The Kier molecular flexibility index (Phi) is 16.1. The molecular weight excluding hydrogens is 1010 g/mol. The lowest BCUT2D eigenvalue weighted by Crippen LogP contribution is -2.49. The molecule has 2 saturated heterocycles. The second kappa shape index (κ2) is 22.8. The van der Waals surface area contributed by atoms with Crippen molar-refractivity contribution in [3.8, 4) is 22.5 Å². The number of aliphatic imine (C=N–C) groups is 2. The van der Waals surface area contributed by atoms with Gasteiger partial charge < -0.3 is 31.9 Å². The summed E-state index contributed by atoms with van der Waals surface area (Å²) in [6.07, 6.45) is 7.39. The average molecular weight is 1060 g/mol. The fourth-order valence-electron chi connectivity index (χ4n) is 8.15. The molecule has 0 bridgehead atoms. The smallest absolute Gasteiger partial charge is 0.311 e. The Morgan fingerprint density at radius 3 is 1.36 bits per heavy atom. The molecule has 0 aliphatic carbocycles. The van der Waals surface area contributed by atoms with Crippen molar-refractivity contribution in [2.45, 2.75) is 39.5 Å². The third-order valence-corrected chi connectivity index (χ3v) is 12.9. The minimum Gasteiger partial charge on any atom is -0.378 e. The molecule has 2 fully saturated rings. The molecule has 6 heterocycles. The van der Waals surface area contributed by atoms with Gasteiger partial charge in [0.25, 0.3) is 0 Å². The predicted octanol–water partition coefficient (Wildman–Crippen LogP) is 9.73. The van der Waals surface area contributed by atoms with Crippen molar-refractivity contribution in [3.63, 3.8) is 0 Å². The Hall–Kier alpha value is -7.40. The first-order chi connectivity index (χ1) is 34.6. The summed E-state index contributed by atoms with van der Waals surface area (Å²) >= 11 is 26.7. The third kappa shape index (κ3) is 12.0. The number of amidine groups is 2. The van der Waals surface area contributed by atoms with Crippen LogP contribution in [0.25, 0.3) is 22.5 Å². The van der Waals surface area contributed by atoms with E-state index in [1.807, 2.05) is 13.8 Å². The van der Waals surface area contributed by atoms with E-state index < -0.39 is 9.85 Å². The Morgan fingerprint density at radius 1 is 0.625 bits per heavy atom. The zero-order chi connectivity index (χ0) is 51.1. The van der Waals surface area contributed by atoms with E-state index in [9.17, 15) is 20.2 Å². The van der Waals surface area contributed by atoms with Crippen LogP contribution in [0.3, 0.4) is 0 Å². The Morgan fingerprint density at radius 2 is 1.01 bits per heavy atom. The van der Waals surface area contributed by atoms with Gasteiger partial charge in [-0.2, -0.15) is 0 Å². The van der Waals surface area contributed by atoms with Gasteiger partial charge in [0.1, 0.15) is 46.1 Å². The topological polar surface area (TPSA) is 277 Å². The summed E-state index contributed by atoms with van der Waals surface area (Å²) in [7, 11) is 0. The molecule has 0 saturated carbocycles. The summed E-state index contributed by atoms with van der Waals surface area (Å²) in [4.78, 5) is 65.0. The maximum absolute atomic E-state index is 11.6. The highest BCUT2D eigenvalue weighted by Crippen LogP contribution is 2.39. The molecule has 0 unspecified atom stereocenters. The molecule has 0 radical (unpaired) electrons. The van der Waals surface area contributed by atoms with Gasteiger partial charge in [0.15, 0.2) is 0 Å². The van der Waals surface area contributed by atoms with E-state index in [0.29, 0.717) is 54.0 Å². The van der Waals surface area contributed by atoms with E-state index in [-0.39, 0.29) is 72.7 Å². The number of benzene rings is 2. The van der Waals surface area contributed by atoms with Crippen molar-refractivity contribution in [1.82, 2.24) is 39.7 Å². The normalized spacial score (nSPS) is 13.9. The fourth-order valence-corrected chi connectivity index (χ4v) is 9.15. The lowest BCUT2D eigenvalue weighted by molar-refractivity contribution is -0.384. The number of hydrazine groups is 1. The first-order valence-corrected chi connectivity index (χ1v) is 24.2. The number of hydrogen-bond donors (Lipinski definition) is 4. The van der Waals surface area contributed by atoms with Crippen molar-refractivity contribution in [2.75, 3.05) is 84.5 Å². The minimum atomic E-state index is -0.613. The van der Waals surface area contributed by atoms with E-state index in [4.69, 9.17) is 87.8 Å². The molecule has 8 rings (SSSR count). The van der Waals surface area contributed by atoms with Crippen LogP contribution in [0.1, 0.15) is 39.5 Å². The first kappa shape index (κ1) is 51.0. The molecule has 374 valence electrons. The van der Waals surface area contributed by atoms with Gasteiger partial charge in [-0.25, -0.2) is 49.9 Å². The van der Waals surface area contributed by atoms with Crippen LogP contribution in [-0.2, 0) is 0 Å². The number of nitrogens with two attached hydrogens (primary N) is 2. The molecule has 0 spiro atoms. The maximum atomic E-state index is 11.6. The van der Waals surface area contributed by atoms with Gasteiger partial charge in [-0.05, 0) is 88.1 Å². The zero-order valence-corrected chi connectivity index (χ0v) is 42.0. The monoisotopic (exact) mass is 1060 g/mol. The van der Waals surface area contributed by atoms with Gasteiger partial charge in [0, 0.05) is 72.6 Å². The average Bonchev–Trinajstić information content (AvgIpc) is 4.10. The number of rotatable bonds is 17. The van der Waals surface area contributed by atoms with Crippen molar-refractivity contribution in [2.24, 2.45) is 9.98 Å². The fraction of sp³-hybridized carbons (Fsp3) is 0.304. The number of nitrogen functional groups attached to an aromatic ring is 2. The molecule has 2 aliphatic heterocycles. The molecule has 0 atom stereocenters. The summed E-state index contributed by atoms with van der Waals surface area (Å²) in [5, 5.41) is 34.5. The molecule has 6 aromatic rings. The molecule has 4 aromatic heterocycles. The highest BCUT2D eigenvalue weighted by atomic mass is 35.5. The summed E-state index contributed by atoms with van der Waals surface area (Å²) in [5.41, 5.74) is 14.0. The van der Waals surface area contributed by atoms with E-state index in [0.717, 1.165) is 63.5 Å². The first-order valence-electron chi connectivity index (χ1n) is 22.7. The van der Waals surface area contributed by atoms with Crippen molar-refractivity contribution in [3.05, 3.63) is 113 Å². The summed E-state index contributed by atoms with van der Waals surface area (Å²) < 4.78 is 0. The Balaban J connectivity index is 1.29. The molecule has 22 nitrogen and oxygen atoms in total. The predicted molar refractivity (Wildman–Crippen MR) is 284 cm³/mol. The number of anilines is 6. The lowest BCUT2D eigenvalue weighted by Gasteiger charge is -2.35. The molecule has 2 aliphatic rings. The van der Waals surface area contributed by atoms with E-state index in [2.05, 4.69) is 30.4 Å². The Labute approximate surface area is 433 Å². The van der Waals surface area contributed by atoms with Gasteiger partial charge in [-0.1, -0.05) is 46.4 Å². The van der Waals surface area contributed by atoms with Crippen molar-refractivity contribution in [1.29, 1.82) is 0 Å². The highest BCUT2D eigenvalue weighted by Gasteiger charge is 2.27. The molecule has 6 N–H and O–H groups in total. The number of likely N-dealkylation sites (tertiary alicyclic amines) is 2. The van der Waals surface area contributed by atoms with Crippen LogP contribution in [0.4, 0.5) is 57.9 Å². The van der Waals surface area contributed by atoms with Crippen LogP contribution in [0.2, 0.25) is 20.1 Å². The Bertz CT molecular complexity index is 2860. The molecular formula is C46H48Cl4N18O4. The number of halogens is 4. The number of nitro groups is 2. The van der Waals surface area contributed by atoms with Crippen LogP contribution in [0, 0.1) is 20.2 Å². The van der Waals surface area contributed by atoms with Gasteiger partial charge in [-0.15, -0.1) is 0 Å². The van der Waals surface area contributed by atoms with E-state index in [1.165, 1.54) is 24.3 Å².